The number of furan rings is 1. The Morgan fingerprint density at radius 1 is 1.14 bits per heavy atom. The third-order valence-electron chi connectivity index (χ3n) is 4.63. The third-order valence-corrected chi connectivity index (χ3v) is 4.63. The number of benzene rings is 2. The number of rotatable bonds is 2. The molecule has 1 aromatic heterocycles. The van der Waals surface area contributed by atoms with Crippen LogP contribution in [0.3, 0.4) is 0 Å². The maximum atomic E-state index is 6.16. The highest BCUT2D eigenvalue weighted by atomic mass is 16.3. The van der Waals surface area contributed by atoms with Crippen molar-refractivity contribution in [1.29, 1.82) is 0 Å². The number of hydrogen-bond acceptors (Lipinski definition) is 2. The highest BCUT2D eigenvalue weighted by molar-refractivity contribution is 5.86. The van der Waals surface area contributed by atoms with E-state index in [-0.39, 0.29) is 0 Å². The zero-order chi connectivity index (χ0) is 14.4. The molecule has 0 aliphatic heterocycles. The van der Waals surface area contributed by atoms with Gasteiger partial charge in [-0.1, -0.05) is 36.4 Å². The van der Waals surface area contributed by atoms with Gasteiger partial charge in [-0.05, 0) is 49.6 Å². The van der Waals surface area contributed by atoms with Crippen molar-refractivity contribution in [2.24, 2.45) is 0 Å². The topological polar surface area (TPSA) is 25.2 Å². The molecule has 1 aliphatic carbocycles. The van der Waals surface area contributed by atoms with Gasteiger partial charge < -0.3 is 9.73 Å². The van der Waals surface area contributed by atoms with Crippen LogP contribution in [-0.4, -0.2) is 7.05 Å². The second kappa shape index (κ2) is 4.74. The van der Waals surface area contributed by atoms with Crippen LogP contribution in [-0.2, 0) is 6.42 Å². The fourth-order valence-electron chi connectivity index (χ4n) is 3.53. The Balaban J connectivity index is 1.90. The smallest absolute Gasteiger partial charge is 0.137 e. The van der Waals surface area contributed by atoms with E-state index < -0.39 is 0 Å². The van der Waals surface area contributed by atoms with Crippen molar-refractivity contribution in [1.82, 2.24) is 5.32 Å². The van der Waals surface area contributed by atoms with Crippen LogP contribution < -0.4 is 5.32 Å². The van der Waals surface area contributed by atoms with Crippen molar-refractivity contribution < 1.29 is 4.42 Å². The SMILES string of the molecule is CNC1CCc2c(-c3cc4cccc(C)c4o3)cccc21. The monoisotopic (exact) mass is 277 g/mol. The van der Waals surface area contributed by atoms with Gasteiger partial charge in [-0.2, -0.15) is 0 Å². The van der Waals surface area contributed by atoms with Crippen molar-refractivity contribution in [2.45, 2.75) is 25.8 Å². The van der Waals surface area contributed by atoms with Crippen LogP contribution in [0.25, 0.3) is 22.3 Å². The van der Waals surface area contributed by atoms with Crippen LogP contribution in [0.15, 0.2) is 46.9 Å². The van der Waals surface area contributed by atoms with E-state index in [4.69, 9.17) is 4.42 Å². The number of fused-ring (bicyclic) bond motifs is 2. The highest BCUT2D eigenvalue weighted by Crippen LogP contribution is 2.39. The molecule has 1 aliphatic rings. The Morgan fingerprint density at radius 2 is 2.00 bits per heavy atom. The molecule has 3 aromatic rings. The molecule has 21 heavy (non-hydrogen) atoms. The molecule has 0 bridgehead atoms. The molecule has 1 unspecified atom stereocenters. The van der Waals surface area contributed by atoms with Gasteiger partial charge in [0.15, 0.2) is 0 Å². The van der Waals surface area contributed by atoms with E-state index in [1.54, 1.807) is 0 Å². The van der Waals surface area contributed by atoms with Gasteiger partial charge in [-0.15, -0.1) is 0 Å². The first kappa shape index (κ1) is 12.7. The summed E-state index contributed by atoms with van der Waals surface area (Å²) < 4.78 is 6.16. The van der Waals surface area contributed by atoms with E-state index in [9.17, 15) is 0 Å². The van der Waals surface area contributed by atoms with Gasteiger partial charge in [-0.25, -0.2) is 0 Å². The van der Waals surface area contributed by atoms with Crippen molar-refractivity contribution in [3.05, 3.63) is 59.2 Å². The minimum atomic E-state index is 0.478. The summed E-state index contributed by atoms with van der Waals surface area (Å²) in [5, 5.41) is 4.59. The number of nitrogens with one attached hydrogen (secondary N) is 1. The maximum Gasteiger partial charge on any atom is 0.137 e. The molecule has 0 amide bonds. The third kappa shape index (κ3) is 1.90. The fraction of sp³-hybridized carbons (Fsp3) is 0.263. The Kier molecular flexibility index (Phi) is 2.86. The summed E-state index contributed by atoms with van der Waals surface area (Å²) in [6, 6.07) is 15.5. The summed E-state index contributed by atoms with van der Waals surface area (Å²) in [6.07, 6.45) is 2.29. The van der Waals surface area contributed by atoms with Gasteiger partial charge in [0.05, 0.1) is 0 Å². The van der Waals surface area contributed by atoms with Gasteiger partial charge in [0, 0.05) is 17.0 Å². The van der Waals surface area contributed by atoms with Crippen LogP contribution in [0.5, 0.6) is 0 Å². The molecule has 1 N–H and O–H groups in total. The van der Waals surface area contributed by atoms with Crippen LogP contribution >= 0.6 is 0 Å². The predicted octanol–water partition coefficient (Wildman–Crippen LogP) is 4.61. The van der Waals surface area contributed by atoms with E-state index >= 15 is 0 Å². The average molecular weight is 277 g/mol. The van der Waals surface area contributed by atoms with Crippen molar-refractivity contribution in [2.75, 3.05) is 7.05 Å². The molecule has 1 heterocycles. The predicted molar refractivity (Wildman–Crippen MR) is 86.5 cm³/mol. The second-order valence-electron chi connectivity index (χ2n) is 5.86. The Morgan fingerprint density at radius 3 is 2.81 bits per heavy atom. The molecule has 0 saturated carbocycles. The molecule has 0 fully saturated rings. The van der Waals surface area contributed by atoms with E-state index in [2.05, 4.69) is 54.7 Å². The van der Waals surface area contributed by atoms with Crippen LogP contribution in [0, 0.1) is 6.92 Å². The molecule has 1 atom stereocenters. The van der Waals surface area contributed by atoms with E-state index in [1.165, 1.54) is 34.1 Å². The van der Waals surface area contributed by atoms with E-state index in [1.807, 2.05) is 7.05 Å². The lowest BCUT2D eigenvalue weighted by Gasteiger charge is -2.10. The summed E-state index contributed by atoms with van der Waals surface area (Å²) in [5.74, 6) is 0.993. The lowest BCUT2D eigenvalue weighted by molar-refractivity contribution is 0.590. The molecule has 0 radical (unpaired) electrons. The molecular formula is C19H19NO. The lowest BCUT2D eigenvalue weighted by atomic mass is 10.0. The Bertz CT molecular complexity index is 816. The minimum absolute atomic E-state index is 0.478. The van der Waals surface area contributed by atoms with Crippen LogP contribution in [0.2, 0.25) is 0 Å². The maximum absolute atomic E-state index is 6.16. The second-order valence-corrected chi connectivity index (χ2v) is 5.86. The van der Waals surface area contributed by atoms with Crippen molar-refractivity contribution >= 4 is 11.0 Å². The molecule has 106 valence electrons. The molecular weight excluding hydrogens is 258 g/mol. The fourth-order valence-corrected chi connectivity index (χ4v) is 3.53. The lowest BCUT2D eigenvalue weighted by Crippen LogP contribution is -2.12. The molecule has 0 spiro atoms. The molecule has 2 aromatic carbocycles. The summed E-state index contributed by atoms with van der Waals surface area (Å²) in [7, 11) is 2.04. The van der Waals surface area contributed by atoms with Crippen LogP contribution in [0.1, 0.15) is 29.2 Å². The Labute approximate surface area is 124 Å². The number of hydrogen-bond donors (Lipinski definition) is 1. The number of para-hydroxylation sites is 1. The van der Waals surface area contributed by atoms with E-state index in [0.29, 0.717) is 6.04 Å². The first-order valence-corrected chi connectivity index (χ1v) is 7.56. The molecule has 2 nitrogen and oxygen atoms in total. The van der Waals surface area contributed by atoms with Gasteiger partial charge >= 0.3 is 0 Å². The van der Waals surface area contributed by atoms with Gasteiger partial charge in [0.2, 0.25) is 0 Å². The first-order chi connectivity index (χ1) is 10.3. The van der Waals surface area contributed by atoms with Gasteiger partial charge in [0.25, 0.3) is 0 Å². The highest BCUT2D eigenvalue weighted by Gasteiger charge is 2.24. The van der Waals surface area contributed by atoms with Crippen LogP contribution in [0.4, 0.5) is 0 Å². The number of aryl methyl sites for hydroxylation is 1. The Hall–Kier alpha value is -2.06. The zero-order valence-electron chi connectivity index (χ0n) is 12.4. The first-order valence-electron chi connectivity index (χ1n) is 7.56. The normalized spacial score (nSPS) is 17.3. The molecule has 4 rings (SSSR count). The van der Waals surface area contributed by atoms with E-state index in [0.717, 1.165) is 17.8 Å². The largest absolute Gasteiger partial charge is 0.456 e. The van der Waals surface area contributed by atoms with Crippen molar-refractivity contribution in [3.63, 3.8) is 0 Å². The summed E-state index contributed by atoms with van der Waals surface area (Å²) >= 11 is 0. The summed E-state index contributed by atoms with van der Waals surface area (Å²) in [6.45, 7) is 2.10. The van der Waals surface area contributed by atoms with Gasteiger partial charge in [0.1, 0.15) is 11.3 Å². The molecule has 0 saturated heterocycles. The zero-order valence-corrected chi connectivity index (χ0v) is 12.4. The van der Waals surface area contributed by atoms with Gasteiger partial charge in [-0.3, -0.25) is 0 Å². The minimum Gasteiger partial charge on any atom is -0.456 e. The average Bonchev–Trinajstić information content (AvgIpc) is 3.11. The quantitative estimate of drug-likeness (QED) is 0.739. The van der Waals surface area contributed by atoms with Crippen molar-refractivity contribution in [3.8, 4) is 11.3 Å². The standard InChI is InChI=1S/C19H19NO/c1-12-5-3-6-13-11-18(21-19(12)13)16-8-4-7-15-14(16)9-10-17(15)20-2/h3-8,11,17,20H,9-10H2,1-2H3. The summed E-state index contributed by atoms with van der Waals surface area (Å²) in [5.41, 5.74) is 6.31. The summed E-state index contributed by atoms with van der Waals surface area (Å²) in [4.78, 5) is 0. The molecule has 2 heteroatoms.